The Morgan fingerprint density at radius 2 is 2.31 bits per heavy atom. The van der Waals surface area contributed by atoms with E-state index >= 15 is 0 Å². The van der Waals surface area contributed by atoms with E-state index in [4.69, 9.17) is 9.26 Å². The Hall–Kier alpha value is -1.89. The van der Waals surface area contributed by atoms with Crippen LogP contribution in [0.5, 0.6) is 0 Å². The normalized spacial score (nSPS) is 10.7. The van der Waals surface area contributed by atoms with Crippen molar-refractivity contribution >= 4 is 5.95 Å². The van der Waals surface area contributed by atoms with E-state index in [1.807, 2.05) is 7.05 Å². The lowest BCUT2D eigenvalue weighted by molar-refractivity contribution is 0.156. The van der Waals surface area contributed by atoms with Gasteiger partial charge in [-0.1, -0.05) is 5.16 Å². The van der Waals surface area contributed by atoms with Crippen molar-refractivity contribution in [2.24, 2.45) is 7.05 Å². The van der Waals surface area contributed by atoms with Crippen LogP contribution in [0.15, 0.2) is 10.6 Å². The SMILES string of the molecule is CNc1nnc(-c2cc(COC)on2)n1C. The van der Waals surface area contributed by atoms with Crippen molar-refractivity contribution in [2.45, 2.75) is 6.61 Å². The molecule has 2 heterocycles. The first kappa shape index (κ1) is 10.6. The molecule has 0 saturated heterocycles. The van der Waals surface area contributed by atoms with Crippen LogP contribution in [0.1, 0.15) is 5.76 Å². The summed E-state index contributed by atoms with van der Waals surface area (Å²) in [5.41, 5.74) is 0.642. The molecule has 0 spiro atoms. The summed E-state index contributed by atoms with van der Waals surface area (Å²) < 4.78 is 11.8. The topological polar surface area (TPSA) is 78.0 Å². The molecule has 0 fully saturated rings. The fourth-order valence-electron chi connectivity index (χ4n) is 1.40. The Labute approximate surface area is 92.4 Å². The fraction of sp³-hybridized carbons (Fsp3) is 0.444. The molecule has 0 aliphatic rings. The van der Waals surface area contributed by atoms with Crippen LogP contribution in [0.25, 0.3) is 11.5 Å². The average Bonchev–Trinajstić information content (AvgIpc) is 2.85. The molecule has 2 aromatic rings. The Morgan fingerprint density at radius 3 is 2.94 bits per heavy atom. The molecule has 7 nitrogen and oxygen atoms in total. The molecule has 86 valence electrons. The second kappa shape index (κ2) is 4.31. The smallest absolute Gasteiger partial charge is 0.224 e. The van der Waals surface area contributed by atoms with Crippen LogP contribution in [0.3, 0.4) is 0 Å². The van der Waals surface area contributed by atoms with Gasteiger partial charge < -0.3 is 14.6 Å². The van der Waals surface area contributed by atoms with E-state index in [0.717, 1.165) is 0 Å². The van der Waals surface area contributed by atoms with E-state index in [1.165, 1.54) is 0 Å². The molecule has 0 saturated carbocycles. The Bertz CT molecular complexity index is 476. The van der Waals surface area contributed by atoms with Gasteiger partial charge in [-0.05, 0) is 0 Å². The molecular weight excluding hydrogens is 210 g/mol. The van der Waals surface area contributed by atoms with E-state index in [-0.39, 0.29) is 0 Å². The molecule has 0 aromatic carbocycles. The van der Waals surface area contributed by atoms with Crippen molar-refractivity contribution in [1.82, 2.24) is 19.9 Å². The van der Waals surface area contributed by atoms with Gasteiger partial charge in [-0.3, -0.25) is 4.57 Å². The molecule has 2 rings (SSSR count). The number of hydrogen-bond acceptors (Lipinski definition) is 6. The Kier molecular flexibility index (Phi) is 2.86. The van der Waals surface area contributed by atoms with Crippen LogP contribution in [-0.4, -0.2) is 34.1 Å². The van der Waals surface area contributed by atoms with Crippen molar-refractivity contribution in [2.75, 3.05) is 19.5 Å². The highest BCUT2D eigenvalue weighted by Crippen LogP contribution is 2.18. The first-order valence-electron chi connectivity index (χ1n) is 4.78. The third kappa shape index (κ3) is 1.76. The van der Waals surface area contributed by atoms with Crippen LogP contribution in [0.2, 0.25) is 0 Å². The van der Waals surface area contributed by atoms with Crippen molar-refractivity contribution in [3.63, 3.8) is 0 Å². The number of methoxy groups -OCH3 is 1. The summed E-state index contributed by atoms with van der Waals surface area (Å²) in [6.45, 7) is 0.393. The minimum absolute atomic E-state index is 0.393. The van der Waals surface area contributed by atoms with E-state index in [0.29, 0.717) is 29.8 Å². The molecule has 16 heavy (non-hydrogen) atoms. The highest BCUT2D eigenvalue weighted by molar-refractivity contribution is 5.51. The highest BCUT2D eigenvalue weighted by Gasteiger charge is 2.14. The predicted octanol–water partition coefficient (Wildman–Crippen LogP) is 0.658. The molecule has 0 amide bonds. The van der Waals surface area contributed by atoms with E-state index in [1.54, 1.807) is 24.8 Å². The quantitative estimate of drug-likeness (QED) is 0.820. The molecular formula is C9H13N5O2. The molecule has 0 bridgehead atoms. The third-order valence-electron chi connectivity index (χ3n) is 2.17. The Morgan fingerprint density at radius 1 is 1.50 bits per heavy atom. The number of hydrogen-bond donors (Lipinski definition) is 1. The van der Waals surface area contributed by atoms with Gasteiger partial charge in [-0.2, -0.15) is 0 Å². The summed E-state index contributed by atoms with van der Waals surface area (Å²) in [5.74, 6) is 1.98. The van der Waals surface area contributed by atoms with Crippen LogP contribution in [0.4, 0.5) is 5.95 Å². The monoisotopic (exact) mass is 223 g/mol. The van der Waals surface area contributed by atoms with E-state index in [9.17, 15) is 0 Å². The number of rotatable bonds is 4. The molecule has 1 N–H and O–H groups in total. The van der Waals surface area contributed by atoms with Gasteiger partial charge in [-0.15, -0.1) is 10.2 Å². The van der Waals surface area contributed by atoms with Gasteiger partial charge >= 0.3 is 0 Å². The lowest BCUT2D eigenvalue weighted by Crippen LogP contribution is -1.99. The molecule has 0 atom stereocenters. The zero-order valence-electron chi connectivity index (χ0n) is 9.39. The minimum Gasteiger partial charge on any atom is -0.377 e. The highest BCUT2D eigenvalue weighted by atomic mass is 16.5. The third-order valence-corrected chi connectivity index (χ3v) is 2.17. The zero-order valence-corrected chi connectivity index (χ0v) is 9.39. The molecule has 0 unspecified atom stereocenters. The minimum atomic E-state index is 0.393. The number of nitrogens with one attached hydrogen (secondary N) is 1. The van der Waals surface area contributed by atoms with Crippen molar-refractivity contribution < 1.29 is 9.26 Å². The predicted molar refractivity (Wildman–Crippen MR) is 56.8 cm³/mol. The first-order valence-corrected chi connectivity index (χ1v) is 4.78. The summed E-state index contributed by atoms with van der Waals surface area (Å²) in [5, 5.41) is 14.8. The second-order valence-electron chi connectivity index (χ2n) is 3.27. The van der Waals surface area contributed by atoms with Gasteiger partial charge in [-0.25, -0.2) is 0 Å². The second-order valence-corrected chi connectivity index (χ2v) is 3.27. The lowest BCUT2D eigenvalue weighted by atomic mass is 10.3. The lowest BCUT2D eigenvalue weighted by Gasteiger charge is -1.98. The summed E-state index contributed by atoms with van der Waals surface area (Å²) in [4.78, 5) is 0. The number of nitrogens with zero attached hydrogens (tertiary/aromatic N) is 4. The summed E-state index contributed by atoms with van der Waals surface area (Å²) >= 11 is 0. The van der Waals surface area contributed by atoms with Gasteiger partial charge in [0.05, 0.1) is 0 Å². The zero-order chi connectivity index (χ0) is 11.5. The number of ether oxygens (including phenoxy) is 1. The van der Waals surface area contributed by atoms with Gasteiger partial charge in [0.25, 0.3) is 0 Å². The van der Waals surface area contributed by atoms with Crippen molar-refractivity contribution in [3.8, 4) is 11.5 Å². The van der Waals surface area contributed by atoms with Crippen LogP contribution in [-0.2, 0) is 18.4 Å². The Balaban J connectivity index is 2.31. The molecule has 2 aromatic heterocycles. The summed E-state index contributed by atoms with van der Waals surface area (Å²) in [7, 11) is 5.24. The summed E-state index contributed by atoms with van der Waals surface area (Å²) in [6.07, 6.45) is 0. The first-order chi connectivity index (χ1) is 7.76. The largest absolute Gasteiger partial charge is 0.377 e. The standard InChI is InChI=1S/C9H13N5O2/c1-10-9-12-11-8(14(9)2)7-4-6(5-15-3)16-13-7/h4H,5H2,1-3H3,(H,10,12). The molecule has 0 aliphatic heterocycles. The van der Waals surface area contributed by atoms with Crippen LogP contribution in [0, 0.1) is 0 Å². The van der Waals surface area contributed by atoms with Crippen LogP contribution < -0.4 is 5.32 Å². The van der Waals surface area contributed by atoms with E-state index in [2.05, 4.69) is 20.7 Å². The van der Waals surface area contributed by atoms with E-state index < -0.39 is 0 Å². The molecule has 0 aliphatic carbocycles. The van der Waals surface area contributed by atoms with Crippen molar-refractivity contribution in [1.29, 1.82) is 0 Å². The fourth-order valence-corrected chi connectivity index (χ4v) is 1.40. The van der Waals surface area contributed by atoms with Gasteiger partial charge in [0.2, 0.25) is 5.95 Å². The maximum atomic E-state index is 5.08. The van der Waals surface area contributed by atoms with Crippen LogP contribution >= 0.6 is 0 Å². The number of anilines is 1. The molecule has 0 radical (unpaired) electrons. The summed E-state index contributed by atoms with van der Waals surface area (Å²) in [6, 6.07) is 1.78. The maximum absolute atomic E-state index is 5.08. The number of aromatic nitrogens is 4. The molecule has 7 heteroatoms. The van der Waals surface area contributed by atoms with Crippen molar-refractivity contribution in [3.05, 3.63) is 11.8 Å². The van der Waals surface area contributed by atoms with Gasteiger partial charge in [0, 0.05) is 27.3 Å². The average molecular weight is 223 g/mol. The van der Waals surface area contributed by atoms with Gasteiger partial charge in [0.1, 0.15) is 6.61 Å². The van der Waals surface area contributed by atoms with Gasteiger partial charge in [0.15, 0.2) is 17.3 Å². The maximum Gasteiger partial charge on any atom is 0.224 e.